The molecule has 0 atom stereocenters. The number of nitrogens with one attached hydrogen (secondary N) is 1. The number of anilines is 1. The first-order chi connectivity index (χ1) is 9.62. The quantitative estimate of drug-likeness (QED) is 0.855. The van der Waals surface area contributed by atoms with Gasteiger partial charge >= 0.3 is 0 Å². The molecule has 2 fully saturated rings. The molecular weight excluding hydrogens is 255 g/mol. The van der Waals surface area contributed by atoms with Gasteiger partial charge in [0.2, 0.25) is 5.91 Å². The maximum absolute atomic E-state index is 13.9. The molecular formula is C16H21FN2O. The Bertz CT molecular complexity index is 518. The van der Waals surface area contributed by atoms with E-state index in [4.69, 9.17) is 0 Å². The molecule has 3 rings (SSSR count). The second-order valence-corrected chi connectivity index (χ2v) is 5.99. The van der Waals surface area contributed by atoms with Crippen LogP contribution < -0.4 is 10.2 Å². The van der Waals surface area contributed by atoms with Gasteiger partial charge in [-0.25, -0.2) is 4.39 Å². The van der Waals surface area contributed by atoms with Crippen molar-refractivity contribution in [1.29, 1.82) is 0 Å². The molecule has 1 aromatic rings. The molecule has 0 aliphatic carbocycles. The Kier molecular flexibility index (Phi) is 3.50. The molecule has 1 amide bonds. The van der Waals surface area contributed by atoms with Gasteiger partial charge in [0.15, 0.2) is 0 Å². The van der Waals surface area contributed by atoms with E-state index in [-0.39, 0.29) is 17.3 Å². The van der Waals surface area contributed by atoms with E-state index in [2.05, 4.69) is 5.32 Å². The number of hydrogen-bond acceptors (Lipinski definition) is 2. The van der Waals surface area contributed by atoms with E-state index in [0.29, 0.717) is 12.0 Å². The number of piperidine rings is 2. The normalized spacial score (nSPS) is 22.3. The summed E-state index contributed by atoms with van der Waals surface area (Å²) < 4.78 is 13.9. The van der Waals surface area contributed by atoms with Gasteiger partial charge in [-0.1, -0.05) is 6.07 Å². The van der Waals surface area contributed by atoms with Crippen LogP contribution in [0.4, 0.5) is 10.1 Å². The number of carbonyl (C=O) groups excluding carboxylic acids is 1. The highest BCUT2D eigenvalue weighted by Crippen LogP contribution is 2.39. The monoisotopic (exact) mass is 276 g/mol. The van der Waals surface area contributed by atoms with Crippen LogP contribution in [0.25, 0.3) is 0 Å². The molecule has 1 spiro atoms. The van der Waals surface area contributed by atoms with Crippen molar-refractivity contribution in [2.75, 3.05) is 18.0 Å². The zero-order chi connectivity index (χ0) is 14.2. The minimum atomic E-state index is -0.232. The van der Waals surface area contributed by atoms with Crippen LogP contribution in [-0.4, -0.2) is 24.5 Å². The SMILES string of the molecule is Cc1ccc(N2C(=O)CCCC23CCNCC3)cc1F. The summed E-state index contributed by atoms with van der Waals surface area (Å²) >= 11 is 0. The fraction of sp³-hybridized carbons (Fsp3) is 0.562. The molecule has 2 aliphatic heterocycles. The van der Waals surface area contributed by atoms with E-state index in [1.54, 1.807) is 13.0 Å². The second kappa shape index (κ2) is 5.17. The van der Waals surface area contributed by atoms with E-state index in [1.165, 1.54) is 6.07 Å². The molecule has 0 aromatic heterocycles. The molecule has 0 radical (unpaired) electrons. The van der Waals surface area contributed by atoms with Crippen LogP contribution in [0.3, 0.4) is 0 Å². The van der Waals surface area contributed by atoms with Crippen LogP contribution in [-0.2, 0) is 4.79 Å². The standard InChI is InChI=1S/C16H21FN2O/c1-12-4-5-13(11-14(12)17)19-15(20)3-2-6-16(19)7-9-18-10-8-16/h4-5,11,18H,2-3,6-10H2,1H3. The molecule has 0 saturated carbocycles. The van der Waals surface area contributed by atoms with Crippen LogP contribution in [0.2, 0.25) is 0 Å². The van der Waals surface area contributed by atoms with E-state index >= 15 is 0 Å². The molecule has 1 aromatic carbocycles. The highest BCUT2D eigenvalue weighted by Gasteiger charge is 2.43. The lowest BCUT2D eigenvalue weighted by Crippen LogP contribution is -2.59. The van der Waals surface area contributed by atoms with Gasteiger partial charge in [-0.3, -0.25) is 4.79 Å². The first-order valence-corrected chi connectivity index (χ1v) is 7.42. The van der Waals surface area contributed by atoms with Crippen LogP contribution in [0, 0.1) is 12.7 Å². The van der Waals surface area contributed by atoms with E-state index < -0.39 is 0 Å². The number of halogens is 1. The molecule has 2 aliphatic rings. The first-order valence-electron chi connectivity index (χ1n) is 7.42. The van der Waals surface area contributed by atoms with Gasteiger partial charge in [0, 0.05) is 12.1 Å². The summed E-state index contributed by atoms with van der Waals surface area (Å²) in [6.07, 6.45) is 4.45. The minimum Gasteiger partial charge on any atom is -0.317 e. The van der Waals surface area contributed by atoms with Crippen LogP contribution in [0.5, 0.6) is 0 Å². The topological polar surface area (TPSA) is 32.3 Å². The van der Waals surface area contributed by atoms with E-state index in [1.807, 2.05) is 11.0 Å². The molecule has 108 valence electrons. The van der Waals surface area contributed by atoms with Crippen molar-refractivity contribution in [3.8, 4) is 0 Å². The maximum Gasteiger partial charge on any atom is 0.227 e. The predicted molar refractivity (Wildman–Crippen MR) is 77.3 cm³/mol. The summed E-state index contributed by atoms with van der Waals surface area (Å²) in [7, 11) is 0. The van der Waals surface area contributed by atoms with E-state index in [9.17, 15) is 9.18 Å². The summed E-state index contributed by atoms with van der Waals surface area (Å²) in [5, 5.41) is 3.35. The number of hydrogen-bond donors (Lipinski definition) is 1. The third-order valence-electron chi connectivity index (χ3n) is 4.70. The summed E-state index contributed by atoms with van der Waals surface area (Å²) in [4.78, 5) is 14.3. The molecule has 3 nitrogen and oxygen atoms in total. The summed E-state index contributed by atoms with van der Waals surface area (Å²) in [5.74, 6) is -0.0913. The molecule has 0 unspecified atom stereocenters. The van der Waals surface area contributed by atoms with Crippen molar-refractivity contribution < 1.29 is 9.18 Å². The maximum atomic E-state index is 13.9. The number of nitrogens with zero attached hydrogens (tertiary/aromatic N) is 1. The number of aryl methyl sites for hydroxylation is 1. The van der Waals surface area contributed by atoms with Crippen molar-refractivity contribution in [3.05, 3.63) is 29.6 Å². The third kappa shape index (κ3) is 2.22. The number of carbonyl (C=O) groups is 1. The van der Waals surface area contributed by atoms with Crippen molar-refractivity contribution in [2.45, 2.75) is 44.6 Å². The highest BCUT2D eigenvalue weighted by molar-refractivity contribution is 5.95. The Labute approximate surface area is 119 Å². The van der Waals surface area contributed by atoms with Gasteiger partial charge in [-0.2, -0.15) is 0 Å². The van der Waals surface area contributed by atoms with Gasteiger partial charge in [0.1, 0.15) is 5.82 Å². The van der Waals surface area contributed by atoms with Gasteiger partial charge in [-0.05, 0) is 63.4 Å². The molecule has 20 heavy (non-hydrogen) atoms. The summed E-state index contributed by atoms with van der Waals surface area (Å²) in [6.45, 7) is 3.60. The number of rotatable bonds is 1. The highest BCUT2D eigenvalue weighted by atomic mass is 19.1. The average Bonchev–Trinajstić information content (AvgIpc) is 2.43. The lowest BCUT2D eigenvalue weighted by Gasteiger charge is -2.49. The van der Waals surface area contributed by atoms with Gasteiger partial charge < -0.3 is 10.2 Å². The zero-order valence-corrected chi connectivity index (χ0v) is 11.9. The average molecular weight is 276 g/mol. The van der Waals surface area contributed by atoms with Crippen molar-refractivity contribution in [3.63, 3.8) is 0 Å². The number of amides is 1. The number of benzene rings is 1. The molecule has 1 N–H and O–H groups in total. The van der Waals surface area contributed by atoms with Crippen LogP contribution in [0.1, 0.15) is 37.7 Å². The van der Waals surface area contributed by atoms with Crippen LogP contribution in [0.15, 0.2) is 18.2 Å². The van der Waals surface area contributed by atoms with E-state index in [0.717, 1.165) is 44.5 Å². The first kappa shape index (κ1) is 13.6. The lowest BCUT2D eigenvalue weighted by atomic mass is 9.78. The van der Waals surface area contributed by atoms with Crippen molar-refractivity contribution >= 4 is 11.6 Å². The Hall–Kier alpha value is -1.42. The Balaban J connectivity index is 2.01. The Morgan fingerprint density at radius 3 is 2.70 bits per heavy atom. The van der Waals surface area contributed by atoms with Crippen LogP contribution >= 0.6 is 0 Å². The Morgan fingerprint density at radius 2 is 2.00 bits per heavy atom. The largest absolute Gasteiger partial charge is 0.317 e. The fourth-order valence-corrected chi connectivity index (χ4v) is 3.56. The molecule has 2 heterocycles. The second-order valence-electron chi connectivity index (χ2n) is 5.99. The van der Waals surface area contributed by atoms with Crippen molar-refractivity contribution in [1.82, 2.24) is 5.32 Å². The summed E-state index contributed by atoms with van der Waals surface area (Å²) in [5.41, 5.74) is 1.24. The lowest BCUT2D eigenvalue weighted by molar-refractivity contribution is -0.121. The minimum absolute atomic E-state index is 0.109. The molecule has 0 bridgehead atoms. The Morgan fingerprint density at radius 1 is 1.25 bits per heavy atom. The smallest absolute Gasteiger partial charge is 0.227 e. The van der Waals surface area contributed by atoms with Gasteiger partial charge in [0.05, 0.1) is 5.54 Å². The fourth-order valence-electron chi connectivity index (χ4n) is 3.56. The summed E-state index contributed by atoms with van der Waals surface area (Å²) in [6, 6.07) is 5.16. The third-order valence-corrected chi connectivity index (χ3v) is 4.70. The van der Waals surface area contributed by atoms with Gasteiger partial charge in [-0.15, -0.1) is 0 Å². The molecule has 4 heteroatoms. The molecule has 2 saturated heterocycles. The van der Waals surface area contributed by atoms with Gasteiger partial charge in [0.25, 0.3) is 0 Å². The van der Waals surface area contributed by atoms with Crippen molar-refractivity contribution in [2.24, 2.45) is 0 Å². The predicted octanol–water partition coefficient (Wildman–Crippen LogP) is 2.77. The zero-order valence-electron chi connectivity index (χ0n) is 11.9.